The van der Waals surface area contributed by atoms with E-state index in [1.807, 2.05) is 24.5 Å². The van der Waals surface area contributed by atoms with Gasteiger partial charge in [-0.2, -0.15) is 0 Å². The van der Waals surface area contributed by atoms with E-state index in [2.05, 4.69) is 49.5 Å². The lowest BCUT2D eigenvalue weighted by atomic mass is 10.1. The number of pyridine rings is 1. The van der Waals surface area contributed by atoms with Gasteiger partial charge in [0.05, 0.1) is 23.6 Å². The smallest absolute Gasteiger partial charge is 0.137 e. The van der Waals surface area contributed by atoms with E-state index >= 15 is 0 Å². The van der Waals surface area contributed by atoms with E-state index < -0.39 is 0 Å². The first kappa shape index (κ1) is 14.7. The van der Waals surface area contributed by atoms with Crippen LogP contribution in [0.3, 0.4) is 0 Å². The van der Waals surface area contributed by atoms with Gasteiger partial charge in [0.25, 0.3) is 0 Å². The van der Waals surface area contributed by atoms with Crippen LogP contribution in [0.25, 0.3) is 10.9 Å². The Kier molecular flexibility index (Phi) is 3.86. The molecule has 0 atom stereocenters. The summed E-state index contributed by atoms with van der Waals surface area (Å²) < 4.78 is 0. The molecule has 6 nitrogen and oxygen atoms in total. The van der Waals surface area contributed by atoms with Crippen LogP contribution in [-0.4, -0.2) is 34.7 Å². The molecule has 0 bridgehead atoms. The third kappa shape index (κ3) is 2.71. The fourth-order valence-electron chi connectivity index (χ4n) is 3.06. The Morgan fingerprint density at radius 2 is 2.08 bits per heavy atom. The Balaban J connectivity index is 1.57. The van der Waals surface area contributed by atoms with E-state index in [1.54, 1.807) is 6.33 Å². The van der Waals surface area contributed by atoms with E-state index in [1.165, 1.54) is 11.3 Å². The first-order valence-electron chi connectivity index (χ1n) is 8.25. The number of anilines is 3. The van der Waals surface area contributed by atoms with E-state index in [4.69, 9.17) is 0 Å². The van der Waals surface area contributed by atoms with Crippen molar-refractivity contribution in [1.82, 2.24) is 15.0 Å². The topological polar surface area (TPSA) is 66.0 Å². The lowest BCUT2D eigenvalue weighted by Gasteiger charge is -2.15. The maximum Gasteiger partial charge on any atom is 0.137 e. The second-order valence-electron chi connectivity index (χ2n) is 5.83. The molecule has 0 radical (unpaired) electrons. The summed E-state index contributed by atoms with van der Waals surface area (Å²) in [5, 5.41) is 7.93. The summed E-state index contributed by atoms with van der Waals surface area (Å²) in [6, 6.07) is 8.37. The average Bonchev–Trinajstić information content (AvgIpc) is 3.03. The first-order chi connectivity index (χ1) is 11.8. The van der Waals surface area contributed by atoms with Crippen molar-refractivity contribution in [2.24, 2.45) is 0 Å². The lowest BCUT2D eigenvalue weighted by molar-refractivity contribution is 0.911. The Labute approximate surface area is 141 Å². The molecule has 1 aliphatic rings. The molecule has 0 unspecified atom stereocenters. The Morgan fingerprint density at radius 3 is 2.92 bits per heavy atom. The summed E-state index contributed by atoms with van der Waals surface area (Å²) in [6.07, 6.45) is 6.21. The van der Waals surface area contributed by atoms with Crippen molar-refractivity contribution >= 4 is 28.1 Å². The highest BCUT2D eigenvalue weighted by Gasteiger charge is 2.19. The van der Waals surface area contributed by atoms with Crippen LogP contribution < -0.4 is 15.5 Å². The highest BCUT2D eigenvalue weighted by atomic mass is 15.3. The van der Waals surface area contributed by atoms with Crippen molar-refractivity contribution in [3.63, 3.8) is 0 Å². The van der Waals surface area contributed by atoms with Crippen LogP contribution >= 0.6 is 0 Å². The summed E-state index contributed by atoms with van der Waals surface area (Å²) in [6.45, 7) is 4.81. The number of nitrogens with one attached hydrogen (secondary N) is 2. The SMILES string of the molecule is CCN1CNc2cc3c(NCCc4ccncc4)ncnc3cc21. The Hall–Kier alpha value is -2.89. The Morgan fingerprint density at radius 1 is 1.21 bits per heavy atom. The summed E-state index contributed by atoms with van der Waals surface area (Å²) in [7, 11) is 0. The Bertz CT molecular complexity index is 849. The van der Waals surface area contributed by atoms with E-state index in [0.717, 1.165) is 48.6 Å². The molecule has 0 fully saturated rings. The number of hydrogen-bond donors (Lipinski definition) is 2. The summed E-state index contributed by atoms with van der Waals surface area (Å²) >= 11 is 0. The monoisotopic (exact) mass is 320 g/mol. The molecule has 6 heteroatoms. The zero-order valence-electron chi connectivity index (χ0n) is 13.7. The van der Waals surface area contributed by atoms with Crippen molar-refractivity contribution in [3.8, 4) is 0 Å². The van der Waals surface area contributed by atoms with Gasteiger partial charge in [0, 0.05) is 30.9 Å². The van der Waals surface area contributed by atoms with E-state index in [0.29, 0.717) is 0 Å². The molecule has 2 aromatic heterocycles. The zero-order chi connectivity index (χ0) is 16.4. The van der Waals surface area contributed by atoms with Crippen molar-refractivity contribution < 1.29 is 0 Å². The maximum absolute atomic E-state index is 4.44. The first-order valence-corrected chi connectivity index (χ1v) is 8.25. The number of rotatable bonds is 5. The quantitative estimate of drug-likeness (QED) is 0.753. The van der Waals surface area contributed by atoms with Crippen LogP contribution in [0.1, 0.15) is 12.5 Å². The largest absolute Gasteiger partial charge is 0.369 e. The minimum Gasteiger partial charge on any atom is -0.369 e. The molecular formula is C18H20N6. The van der Waals surface area contributed by atoms with Gasteiger partial charge in [0.15, 0.2) is 0 Å². The number of hydrogen-bond acceptors (Lipinski definition) is 6. The van der Waals surface area contributed by atoms with Crippen LogP contribution in [0.15, 0.2) is 43.0 Å². The minimum atomic E-state index is 0.821. The number of nitrogens with zero attached hydrogens (tertiary/aromatic N) is 4. The predicted octanol–water partition coefficient (Wildman–Crippen LogP) is 2.89. The molecule has 0 saturated carbocycles. The molecule has 4 rings (SSSR count). The van der Waals surface area contributed by atoms with Crippen molar-refractivity contribution in [2.75, 3.05) is 35.3 Å². The number of fused-ring (bicyclic) bond motifs is 2. The van der Waals surface area contributed by atoms with Crippen molar-refractivity contribution in [3.05, 3.63) is 48.5 Å². The van der Waals surface area contributed by atoms with Crippen LogP contribution in [0, 0.1) is 0 Å². The van der Waals surface area contributed by atoms with Crippen LogP contribution in [0.2, 0.25) is 0 Å². The highest BCUT2D eigenvalue weighted by molar-refractivity contribution is 5.97. The van der Waals surface area contributed by atoms with Crippen LogP contribution in [0.5, 0.6) is 0 Å². The van der Waals surface area contributed by atoms with E-state index in [9.17, 15) is 0 Å². The van der Waals surface area contributed by atoms with E-state index in [-0.39, 0.29) is 0 Å². The molecule has 1 aliphatic heterocycles. The molecule has 24 heavy (non-hydrogen) atoms. The lowest BCUT2D eigenvalue weighted by Crippen LogP contribution is -2.21. The third-order valence-electron chi connectivity index (χ3n) is 4.39. The highest BCUT2D eigenvalue weighted by Crippen LogP contribution is 2.36. The molecule has 0 aliphatic carbocycles. The van der Waals surface area contributed by atoms with Crippen LogP contribution in [-0.2, 0) is 6.42 Å². The van der Waals surface area contributed by atoms with Crippen molar-refractivity contribution in [2.45, 2.75) is 13.3 Å². The molecular weight excluding hydrogens is 300 g/mol. The van der Waals surface area contributed by atoms with Gasteiger partial charge in [-0.05, 0) is 43.2 Å². The maximum atomic E-state index is 4.44. The van der Waals surface area contributed by atoms with Gasteiger partial charge in [-0.15, -0.1) is 0 Å². The zero-order valence-corrected chi connectivity index (χ0v) is 13.7. The summed E-state index contributed by atoms with van der Waals surface area (Å²) in [5.41, 5.74) is 4.59. The molecule has 0 spiro atoms. The second kappa shape index (κ2) is 6.31. The van der Waals surface area contributed by atoms with Gasteiger partial charge >= 0.3 is 0 Å². The van der Waals surface area contributed by atoms with Crippen molar-refractivity contribution in [1.29, 1.82) is 0 Å². The molecule has 2 N–H and O–H groups in total. The van der Waals surface area contributed by atoms with Gasteiger partial charge in [0.2, 0.25) is 0 Å². The molecule has 1 aromatic carbocycles. The van der Waals surface area contributed by atoms with Gasteiger partial charge in [-0.25, -0.2) is 9.97 Å². The standard InChI is InChI=1S/C18H20N6/c1-2-24-12-23-16-9-14-15(10-17(16)24)21-11-22-18(14)20-8-5-13-3-6-19-7-4-13/h3-4,6-7,9-11,23H,2,5,8,12H2,1H3,(H,20,21,22). The second-order valence-corrected chi connectivity index (χ2v) is 5.83. The van der Waals surface area contributed by atoms with Gasteiger partial charge in [0.1, 0.15) is 12.1 Å². The van der Waals surface area contributed by atoms with Gasteiger partial charge in [-0.1, -0.05) is 0 Å². The van der Waals surface area contributed by atoms with Gasteiger partial charge in [-0.3, -0.25) is 4.98 Å². The molecule has 0 amide bonds. The van der Waals surface area contributed by atoms with Crippen LogP contribution in [0.4, 0.5) is 17.2 Å². The molecule has 122 valence electrons. The van der Waals surface area contributed by atoms with Gasteiger partial charge < -0.3 is 15.5 Å². The minimum absolute atomic E-state index is 0.821. The third-order valence-corrected chi connectivity index (χ3v) is 4.39. The molecule has 3 heterocycles. The normalized spacial score (nSPS) is 13.0. The fourth-order valence-corrected chi connectivity index (χ4v) is 3.06. The predicted molar refractivity (Wildman–Crippen MR) is 97.5 cm³/mol. The molecule has 0 saturated heterocycles. The molecule has 3 aromatic rings. The fraction of sp³-hybridized carbons (Fsp3) is 0.278. The average molecular weight is 320 g/mol. The summed E-state index contributed by atoms with van der Waals surface area (Å²) in [5.74, 6) is 0.883. The summed E-state index contributed by atoms with van der Waals surface area (Å²) in [4.78, 5) is 15.2. The number of benzene rings is 1. The number of aromatic nitrogens is 3.